The fraction of sp³-hybridized carbons (Fsp3) is 0.333. The van der Waals surface area contributed by atoms with Crippen molar-refractivity contribution in [2.24, 2.45) is 0 Å². The zero-order valence-electron chi connectivity index (χ0n) is 18.3. The summed E-state index contributed by atoms with van der Waals surface area (Å²) >= 11 is 0. The summed E-state index contributed by atoms with van der Waals surface area (Å²) in [4.78, 5) is 27.3. The number of hydrogen-bond donors (Lipinski definition) is 2. The van der Waals surface area contributed by atoms with Crippen molar-refractivity contribution < 1.29 is 34.0 Å². The molecule has 0 radical (unpaired) electrons. The van der Waals surface area contributed by atoms with Crippen LogP contribution in [0.3, 0.4) is 0 Å². The van der Waals surface area contributed by atoms with Crippen molar-refractivity contribution in [3.05, 3.63) is 64.7 Å². The van der Waals surface area contributed by atoms with Gasteiger partial charge in [0.1, 0.15) is 17.3 Å². The van der Waals surface area contributed by atoms with E-state index in [1.165, 1.54) is 19.1 Å². The third-order valence-corrected chi connectivity index (χ3v) is 5.31. The summed E-state index contributed by atoms with van der Waals surface area (Å²) in [6.07, 6.45) is 0. The van der Waals surface area contributed by atoms with Crippen LogP contribution in [0.1, 0.15) is 22.7 Å². The zero-order valence-corrected chi connectivity index (χ0v) is 18.3. The number of benzene rings is 2. The molecule has 3 rings (SSSR count). The lowest BCUT2D eigenvalue weighted by Gasteiger charge is -2.26. The molecular formula is C24H27NO7. The van der Waals surface area contributed by atoms with Crippen LogP contribution in [-0.2, 0) is 14.3 Å². The molecule has 1 aliphatic heterocycles. The van der Waals surface area contributed by atoms with E-state index in [1.54, 1.807) is 30.3 Å². The third-order valence-electron chi connectivity index (χ3n) is 5.31. The molecule has 2 aromatic rings. The minimum Gasteiger partial charge on any atom is -0.507 e. The van der Waals surface area contributed by atoms with Gasteiger partial charge >= 0.3 is 0 Å². The number of aryl methyl sites for hydroxylation is 1. The monoisotopic (exact) mass is 441 g/mol. The summed E-state index contributed by atoms with van der Waals surface area (Å²) in [5.74, 6) is -0.827. The Morgan fingerprint density at radius 1 is 1.03 bits per heavy atom. The number of ether oxygens (including phenoxy) is 3. The Bertz CT molecular complexity index is 1010. The summed E-state index contributed by atoms with van der Waals surface area (Å²) < 4.78 is 16.1. The van der Waals surface area contributed by atoms with Crippen molar-refractivity contribution >= 4 is 17.4 Å². The molecule has 8 nitrogen and oxygen atoms in total. The molecule has 1 amide bonds. The van der Waals surface area contributed by atoms with E-state index >= 15 is 0 Å². The van der Waals surface area contributed by atoms with Gasteiger partial charge in [-0.05, 0) is 19.1 Å². The van der Waals surface area contributed by atoms with E-state index in [9.17, 15) is 14.7 Å². The molecule has 1 saturated heterocycles. The maximum atomic E-state index is 13.0. The van der Waals surface area contributed by atoms with Crippen LogP contribution in [0.25, 0.3) is 5.76 Å². The van der Waals surface area contributed by atoms with Crippen LogP contribution in [0, 0.1) is 6.92 Å². The Kier molecular flexibility index (Phi) is 7.50. The predicted molar refractivity (Wildman–Crippen MR) is 118 cm³/mol. The van der Waals surface area contributed by atoms with E-state index in [4.69, 9.17) is 19.3 Å². The van der Waals surface area contributed by atoms with Gasteiger partial charge in [0.15, 0.2) is 0 Å². The quantitative estimate of drug-likeness (QED) is 0.266. The predicted octanol–water partition coefficient (Wildman–Crippen LogP) is 2.44. The molecule has 0 spiro atoms. The highest BCUT2D eigenvalue weighted by Gasteiger charge is 2.47. The van der Waals surface area contributed by atoms with Gasteiger partial charge in [0.25, 0.3) is 11.7 Å². The number of aliphatic hydroxyl groups excluding tert-OH is 2. The van der Waals surface area contributed by atoms with Gasteiger partial charge in [0, 0.05) is 23.7 Å². The Hall–Kier alpha value is -3.36. The number of hydrogen-bond acceptors (Lipinski definition) is 7. The van der Waals surface area contributed by atoms with Crippen molar-refractivity contribution in [3.8, 4) is 11.5 Å². The highest BCUT2D eigenvalue weighted by molar-refractivity contribution is 6.46. The van der Waals surface area contributed by atoms with Gasteiger partial charge in [-0.25, -0.2) is 0 Å². The SMILES string of the molecule is COc1ccc(C2C(=C(O)c3ccc(C)cc3)C(=O)C(=O)N2CCOCCO)c(OC)c1. The van der Waals surface area contributed by atoms with Gasteiger partial charge in [-0.2, -0.15) is 0 Å². The Labute approximate surface area is 186 Å². The van der Waals surface area contributed by atoms with Gasteiger partial charge < -0.3 is 29.3 Å². The van der Waals surface area contributed by atoms with Gasteiger partial charge in [0.05, 0.1) is 45.7 Å². The molecule has 1 unspecified atom stereocenters. The molecule has 2 N–H and O–H groups in total. The van der Waals surface area contributed by atoms with Gasteiger partial charge in [0.2, 0.25) is 0 Å². The number of carbonyl (C=O) groups excluding carboxylic acids is 2. The molecule has 1 heterocycles. The summed E-state index contributed by atoms with van der Waals surface area (Å²) in [6.45, 7) is 2.09. The molecule has 1 aliphatic rings. The minimum atomic E-state index is -0.880. The van der Waals surface area contributed by atoms with E-state index in [1.807, 2.05) is 19.1 Å². The van der Waals surface area contributed by atoms with Crippen LogP contribution in [0.15, 0.2) is 48.0 Å². The fourth-order valence-electron chi connectivity index (χ4n) is 3.67. The minimum absolute atomic E-state index is 0.0236. The number of rotatable bonds is 9. The second-order valence-corrected chi connectivity index (χ2v) is 7.30. The molecule has 8 heteroatoms. The van der Waals surface area contributed by atoms with Crippen molar-refractivity contribution in [2.45, 2.75) is 13.0 Å². The molecule has 1 atom stereocenters. The van der Waals surface area contributed by atoms with E-state index in [-0.39, 0.29) is 37.7 Å². The summed E-state index contributed by atoms with van der Waals surface area (Å²) in [7, 11) is 3.01. The van der Waals surface area contributed by atoms with Crippen molar-refractivity contribution in [3.63, 3.8) is 0 Å². The second-order valence-electron chi connectivity index (χ2n) is 7.30. The van der Waals surface area contributed by atoms with E-state index in [0.29, 0.717) is 22.6 Å². The number of nitrogens with zero attached hydrogens (tertiary/aromatic N) is 1. The average Bonchev–Trinajstić information content (AvgIpc) is 3.06. The molecule has 2 aromatic carbocycles. The van der Waals surface area contributed by atoms with Gasteiger partial charge in [-0.15, -0.1) is 0 Å². The second kappa shape index (κ2) is 10.3. The summed E-state index contributed by atoms with van der Waals surface area (Å²) in [5, 5.41) is 20.0. The molecule has 0 bridgehead atoms. The summed E-state index contributed by atoms with van der Waals surface area (Å²) in [6, 6.07) is 11.2. The lowest BCUT2D eigenvalue weighted by molar-refractivity contribution is -0.140. The van der Waals surface area contributed by atoms with Crippen LogP contribution in [-0.4, -0.2) is 67.4 Å². The molecule has 32 heavy (non-hydrogen) atoms. The number of amides is 1. The maximum absolute atomic E-state index is 13.0. The first-order chi connectivity index (χ1) is 15.4. The third kappa shape index (κ3) is 4.61. The van der Waals surface area contributed by atoms with Crippen molar-refractivity contribution in [1.82, 2.24) is 4.90 Å². The maximum Gasteiger partial charge on any atom is 0.295 e. The topological polar surface area (TPSA) is 106 Å². The van der Waals surface area contributed by atoms with Crippen LogP contribution >= 0.6 is 0 Å². The Balaban J connectivity index is 2.14. The first-order valence-corrected chi connectivity index (χ1v) is 10.2. The van der Waals surface area contributed by atoms with E-state index in [0.717, 1.165) is 5.56 Å². The normalized spacial score (nSPS) is 17.6. The van der Waals surface area contributed by atoms with Crippen LogP contribution in [0.4, 0.5) is 0 Å². The van der Waals surface area contributed by atoms with Gasteiger partial charge in [-0.3, -0.25) is 9.59 Å². The number of ketones is 1. The van der Waals surface area contributed by atoms with E-state index < -0.39 is 17.7 Å². The van der Waals surface area contributed by atoms with Crippen LogP contribution < -0.4 is 9.47 Å². The molecule has 170 valence electrons. The van der Waals surface area contributed by atoms with Gasteiger partial charge in [-0.1, -0.05) is 29.8 Å². The smallest absolute Gasteiger partial charge is 0.295 e. The Morgan fingerprint density at radius 3 is 2.38 bits per heavy atom. The molecular weight excluding hydrogens is 414 g/mol. The molecule has 0 aromatic heterocycles. The average molecular weight is 441 g/mol. The van der Waals surface area contributed by atoms with E-state index in [2.05, 4.69) is 0 Å². The first-order valence-electron chi connectivity index (χ1n) is 10.2. The highest BCUT2D eigenvalue weighted by Crippen LogP contribution is 2.43. The standard InChI is InChI=1S/C24H27NO7/c1-15-4-6-16(7-5-15)22(27)20-21(18-9-8-17(30-2)14-19(18)31-3)25(24(29)23(20)28)10-12-32-13-11-26/h4-9,14,21,26-27H,10-13H2,1-3H3. The number of Topliss-reactive ketones (excluding diaryl/α,β-unsaturated/α-hetero) is 1. The molecule has 1 fully saturated rings. The lowest BCUT2D eigenvalue weighted by atomic mass is 9.94. The number of likely N-dealkylation sites (tertiary alicyclic amines) is 1. The largest absolute Gasteiger partial charge is 0.507 e. The van der Waals surface area contributed by atoms with Crippen molar-refractivity contribution in [2.75, 3.05) is 40.6 Å². The molecule has 0 saturated carbocycles. The number of carbonyl (C=O) groups is 2. The number of aliphatic hydroxyl groups is 2. The Morgan fingerprint density at radius 2 is 1.75 bits per heavy atom. The zero-order chi connectivity index (χ0) is 23.3. The van der Waals surface area contributed by atoms with Crippen LogP contribution in [0.2, 0.25) is 0 Å². The first kappa shape index (κ1) is 23.3. The molecule has 0 aliphatic carbocycles. The van der Waals surface area contributed by atoms with Crippen molar-refractivity contribution in [1.29, 1.82) is 0 Å². The fourth-order valence-corrected chi connectivity index (χ4v) is 3.67. The number of methoxy groups -OCH3 is 2. The lowest BCUT2D eigenvalue weighted by Crippen LogP contribution is -2.33. The highest BCUT2D eigenvalue weighted by atomic mass is 16.5. The van der Waals surface area contributed by atoms with Crippen LogP contribution in [0.5, 0.6) is 11.5 Å². The summed E-state index contributed by atoms with van der Waals surface area (Å²) in [5.41, 5.74) is 1.94.